The summed E-state index contributed by atoms with van der Waals surface area (Å²) in [5.41, 5.74) is -0.214. The highest BCUT2D eigenvalue weighted by atomic mass is 35.5. The Labute approximate surface area is 121 Å². The van der Waals surface area contributed by atoms with Crippen molar-refractivity contribution in [2.75, 3.05) is 19.6 Å². The summed E-state index contributed by atoms with van der Waals surface area (Å²) in [6, 6.07) is 4.06. The van der Waals surface area contributed by atoms with Crippen LogP contribution < -0.4 is 10.6 Å². The zero-order valence-corrected chi connectivity index (χ0v) is 11.7. The van der Waals surface area contributed by atoms with Gasteiger partial charge in [-0.2, -0.15) is 0 Å². The molecule has 7 heteroatoms. The molecule has 0 spiro atoms. The lowest BCUT2D eigenvalue weighted by molar-refractivity contribution is -0.385. The minimum Gasteiger partial charge on any atom is -0.352 e. The summed E-state index contributed by atoms with van der Waals surface area (Å²) in [6.07, 6.45) is 2.01. The molecule has 0 saturated carbocycles. The Bertz CT molecular complexity index is 516. The van der Waals surface area contributed by atoms with Crippen LogP contribution in [0.1, 0.15) is 23.2 Å². The summed E-state index contributed by atoms with van der Waals surface area (Å²) >= 11 is 5.72. The van der Waals surface area contributed by atoms with Crippen LogP contribution in [0.15, 0.2) is 18.2 Å². The largest absolute Gasteiger partial charge is 0.352 e. The average Bonchev–Trinajstić information content (AvgIpc) is 2.45. The SMILES string of the molecule is O=C(NCC1CCNCC1)c1ccc(Cl)cc1[N+](=O)[O-]. The van der Waals surface area contributed by atoms with Crippen LogP contribution in [-0.4, -0.2) is 30.5 Å². The molecule has 1 saturated heterocycles. The van der Waals surface area contributed by atoms with Crippen molar-refractivity contribution in [2.45, 2.75) is 12.8 Å². The van der Waals surface area contributed by atoms with Crippen LogP contribution in [-0.2, 0) is 0 Å². The van der Waals surface area contributed by atoms with E-state index in [0.717, 1.165) is 25.9 Å². The van der Waals surface area contributed by atoms with Crippen LogP contribution in [0.25, 0.3) is 0 Å². The number of halogens is 1. The Morgan fingerprint density at radius 3 is 2.80 bits per heavy atom. The molecule has 1 aliphatic heterocycles. The van der Waals surface area contributed by atoms with Gasteiger partial charge in [0.1, 0.15) is 5.56 Å². The second kappa shape index (κ2) is 6.67. The molecule has 0 atom stereocenters. The second-order valence-corrected chi connectivity index (χ2v) is 5.26. The fourth-order valence-electron chi connectivity index (χ4n) is 2.27. The standard InChI is InChI=1S/C13H16ClN3O3/c14-10-1-2-11(12(7-10)17(19)20)13(18)16-8-9-3-5-15-6-4-9/h1-2,7,9,15H,3-6,8H2,(H,16,18). The van der Waals surface area contributed by atoms with Crippen molar-refractivity contribution in [3.8, 4) is 0 Å². The van der Waals surface area contributed by atoms with Gasteiger partial charge in [0.15, 0.2) is 0 Å². The monoisotopic (exact) mass is 297 g/mol. The number of carbonyl (C=O) groups excluding carboxylic acids is 1. The molecule has 1 heterocycles. The van der Waals surface area contributed by atoms with Crippen molar-refractivity contribution in [3.63, 3.8) is 0 Å². The number of nitro benzene ring substituents is 1. The normalized spacial score (nSPS) is 15.8. The fraction of sp³-hybridized carbons (Fsp3) is 0.462. The molecule has 0 radical (unpaired) electrons. The van der Waals surface area contributed by atoms with Crippen LogP contribution in [0, 0.1) is 16.0 Å². The molecule has 20 heavy (non-hydrogen) atoms. The molecule has 1 fully saturated rings. The molecule has 0 bridgehead atoms. The van der Waals surface area contributed by atoms with Crippen molar-refractivity contribution in [3.05, 3.63) is 38.9 Å². The van der Waals surface area contributed by atoms with Gasteiger partial charge in [-0.05, 0) is 44.0 Å². The highest BCUT2D eigenvalue weighted by Crippen LogP contribution is 2.23. The van der Waals surface area contributed by atoms with Crippen molar-refractivity contribution < 1.29 is 9.72 Å². The molecular formula is C13H16ClN3O3. The van der Waals surface area contributed by atoms with Gasteiger partial charge in [-0.25, -0.2) is 0 Å². The number of nitrogens with zero attached hydrogens (tertiary/aromatic N) is 1. The molecule has 108 valence electrons. The Balaban J connectivity index is 2.03. The lowest BCUT2D eigenvalue weighted by atomic mass is 9.98. The van der Waals surface area contributed by atoms with E-state index in [9.17, 15) is 14.9 Å². The minimum atomic E-state index is -0.592. The average molecular weight is 298 g/mol. The number of amides is 1. The number of nitrogens with one attached hydrogen (secondary N) is 2. The lowest BCUT2D eigenvalue weighted by Crippen LogP contribution is -2.36. The summed E-state index contributed by atoms with van der Waals surface area (Å²) in [5.74, 6) is -0.00143. The molecule has 6 nitrogen and oxygen atoms in total. The third-order valence-corrected chi connectivity index (χ3v) is 3.65. The van der Waals surface area contributed by atoms with Gasteiger partial charge >= 0.3 is 0 Å². The zero-order chi connectivity index (χ0) is 14.5. The van der Waals surface area contributed by atoms with Crippen LogP contribution >= 0.6 is 11.6 Å². The van der Waals surface area contributed by atoms with E-state index in [0.29, 0.717) is 12.5 Å². The smallest absolute Gasteiger partial charge is 0.283 e. The zero-order valence-electron chi connectivity index (χ0n) is 10.9. The van der Waals surface area contributed by atoms with Gasteiger partial charge in [-0.1, -0.05) is 11.6 Å². The number of piperidine rings is 1. The fourth-order valence-corrected chi connectivity index (χ4v) is 2.43. The maximum absolute atomic E-state index is 12.0. The Hall–Kier alpha value is -1.66. The summed E-state index contributed by atoms with van der Waals surface area (Å²) in [5, 5.41) is 17.2. The number of hydrogen-bond donors (Lipinski definition) is 2. The first-order chi connectivity index (χ1) is 9.58. The van der Waals surface area contributed by atoms with Gasteiger partial charge in [0.25, 0.3) is 11.6 Å². The summed E-state index contributed by atoms with van der Waals surface area (Å²) < 4.78 is 0. The van der Waals surface area contributed by atoms with E-state index in [1.807, 2.05) is 0 Å². The summed E-state index contributed by atoms with van der Waals surface area (Å²) in [4.78, 5) is 22.4. The van der Waals surface area contributed by atoms with Gasteiger partial charge in [0.2, 0.25) is 0 Å². The number of carbonyl (C=O) groups is 1. The van der Waals surface area contributed by atoms with E-state index in [1.54, 1.807) is 0 Å². The van der Waals surface area contributed by atoms with E-state index in [-0.39, 0.29) is 16.3 Å². The first-order valence-electron chi connectivity index (χ1n) is 6.51. The predicted molar refractivity (Wildman–Crippen MR) is 76.0 cm³/mol. The maximum Gasteiger partial charge on any atom is 0.283 e. The van der Waals surface area contributed by atoms with Crippen LogP contribution in [0.5, 0.6) is 0 Å². The molecule has 1 aromatic rings. The summed E-state index contributed by atoms with van der Waals surface area (Å²) in [7, 11) is 0. The molecule has 0 unspecified atom stereocenters. The molecule has 0 aromatic heterocycles. The lowest BCUT2D eigenvalue weighted by Gasteiger charge is -2.22. The third-order valence-electron chi connectivity index (χ3n) is 3.41. The van der Waals surface area contributed by atoms with Gasteiger partial charge in [-0.15, -0.1) is 0 Å². The van der Waals surface area contributed by atoms with Crippen molar-refractivity contribution in [1.82, 2.24) is 10.6 Å². The van der Waals surface area contributed by atoms with Crippen molar-refractivity contribution in [2.24, 2.45) is 5.92 Å². The minimum absolute atomic E-state index is 0.0494. The van der Waals surface area contributed by atoms with Gasteiger partial charge < -0.3 is 10.6 Å². The first kappa shape index (κ1) is 14.7. The van der Waals surface area contributed by atoms with Gasteiger partial charge in [0, 0.05) is 17.6 Å². The van der Waals surface area contributed by atoms with E-state index in [1.165, 1.54) is 18.2 Å². The van der Waals surface area contributed by atoms with Crippen molar-refractivity contribution >= 4 is 23.2 Å². The van der Waals surface area contributed by atoms with Gasteiger partial charge in [-0.3, -0.25) is 14.9 Å². The quantitative estimate of drug-likeness (QED) is 0.657. The van der Waals surface area contributed by atoms with E-state index >= 15 is 0 Å². The number of nitro groups is 1. The second-order valence-electron chi connectivity index (χ2n) is 4.82. The summed E-state index contributed by atoms with van der Waals surface area (Å²) in [6.45, 7) is 2.43. The van der Waals surface area contributed by atoms with Crippen LogP contribution in [0.4, 0.5) is 5.69 Å². The topological polar surface area (TPSA) is 84.3 Å². The number of hydrogen-bond acceptors (Lipinski definition) is 4. The van der Waals surface area contributed by atoms with Crippen LogP contribution in [0.2, 0.25) is 5.02 Å². The van der Waals surface area contributed by atoms with E-state index in [4.69, 9.17) is 11.6 Å². The molecule has 2 N–H and O–H groups in total. The molecule has 0 aliphatic carbocycles. The van der Waals surface area contributed by atoms with Crippen LogP contribution in [0.3, 0.4) is 0 Å². The number of benzene rings is 1. The molecule has 1 aromatic carbocycles. The third kappa shape index (κ3) is 3.68. The molecule has 2 rings (SSSR count). The van der Waals surface area contributed by atoms with Crippen molar-refractivity contribution in [1.29, 1.82) is 0 Å². The van der Waals surface area contributed by atoms with E-state index in [2.05, 4.69) is 10.6 Å². The van der Waals surface area contributed by atoms with E-state index < -0.39 is 10.8 Å². The highest BCUT2D eigenvalue weighted by Gasteiger charge is 2.21. The molecular weight excluding hydrogens is 282 g/mol. The Morgan fingerprint density at radius 1 is 1.45 bits per heavy atom. The maximum atomic E-state index is 12.0. The van der Waals surface area contributed by atoms with Gasteiger partial charge in [0.05, 0.1) is 4.92 Å². The molecule has 1 amide bonds. The number of rotatable bonds is 4. The first-order valence-corrected chi connectivity index (χ1v) is 6.88. The Morgan fingerprint density at radius 2 is 2.15 bits per heavy atom. The molecule has 1 aliphatic rings. The highest BCUT2D eigenvalue weighted by molar-refractivity contribution is 6.31. The predicted octanol–water partition coefficient (Wildman–Crippen LogP) is 1.98. The Kier molecular flexibility index (Phi) is 4.92.